The standard InChI is InChI=1S/C16H23NO4/c1-3-21-16(20)9-10-17(2)12-14-6-4-5-13(11-14)7-8-15(18)19/h4-6,11H,3,7-10,12H2,1-2H3,(H,18,19). The Morgan fingerprint density at radius 2 is 1.95 bits per heavy atom. The number of aliphatic carboxylic acids is 1. The molecule has 0 aliphatic heterocycles. The van der Waals surface area contributed by atoms with Crippen LogP contribution in [0, 0.1) is 0 Å². The minimum absolute atomic E-state index is 0.141. The SMILES string of the molecule is CCOC(=O)CCN(C)Cc1cccc(CCC(=O)O)c1. The van der Waals surface area contributed by atoms with Crippen LogP contribution in [0.25, 0.3) is 0 Å². The van der Waals surface area contributed by atoms with Crippen LogP contribution in [0.5, 0.6) is 0 Å². The lowest BCUT2D eigenvalue weighted by atomic mass is 10.1. The minimum atomic E-state index is -0.785. The molecule has 116 valence electrons. The lowest BCUT2D eigenvalue weighted by Gasteiger charge is -2.16. The van der Waals surface area contributed by atoms with Crippen molar-refractivity contribution in [2.45, 2.75) is 32.7 Å². The monoisotopic (exact) mass is 293 g/mol. The van der Waals surface area contributed by atoms with Gasteiger partial charge in [-0.15, -0.1) is 0 Å². The summed E-state index contributed by atoms with van der Waals surface area (Å²) in [5.41, 5.74) is 2.14. The molecule has 0 spiro atoms. The molecule has 0 aliphatic rings. The fourth-order valence-electron chi connectivity index (χ4n) is 2.04. The molecule has 5 heteroatoms. The number of hydrogen-bond acceptors (Lipinski definition) is 4. The molecule has 0 aliphatic carbocycles. The molecule has 0 amide bonds. The molecule has 0 saturated heterocycles. The van der Waals surface area contributed by atoms with E-state index < -0.39 is 5.97 Å². The van der Waals surface area contributed by atoms with E-state index in [0.29, 0.717) is 26.0 Å². The highest BCUT2D eigenvalue weighted by Crippen LogP contribution is 2.10. The summed E-state index contributed by atoms with van der Waals surface area (Å²) in [5, 5.41) is 8.70. The number of ether oxygens (including phenoxy) is 1. The highest BCUT2D eigenvalue weighted by molar-refractivity contribution is 5.69. The van der Waals surface area contributed by atoms with Crippen LogP contribution in [0.4, 0.5) is 0 Å². The van der Waals surface area contributed by atoms with Crippen LogP contribution in [-0.2, 0) is 27.3 Å². The third-order valence-corrected chi connectivity index (χ3v) is 3.07. The topological polar surface area (TPSA) is 66.8 Å². The van der Waals surface area contributed by atoms with Gasteiger partial charge in [-0.2, -0.15) is 0 Å². The van der Waals surface area contributed by atoms with Gasteiger partial charge in [0.2, 0.25) is 0 Å². The van der Waals surface area contributed by atoms with Crippen molar-refractivity contribution in [2.24, 2.45) is 0 Å². The first-order valence-corrected chi connectivity index (χ1v) is 7.15. The predicted molar refractivity (Wildman–Crippen MR) is 80.0 cm³/mol. The zero-order chi connectivity index (χ0) is 15.7. The minimum Gasteiger partial charge on any atom is -0.481 e. The molecule has 0 unspecified atom stereocenters. The smallest absolute Gasteiger partial charge is 0.307 e. The van der Waals surface area contributed by atoms with Gasteiger partial charge in [0.05, 0.1) is 13.0 Å². The van der Waals surface area contributed by atoms with Gasteiger partial charge >= 0.3 is 11.9 Å². The molecule has 0 heterocycles. The van der Waals surface area contributed by atoms with Crippen molar-refractivity contribution < 1.29 is 19.4 Å². The number of hydrogen-bond donors (Lipinski definition) is 1. The van der Waals surface area contributed by atoms with E-state index in [9.17, 15) is 9.59 Å². The molecule has 1 aromatic carbocycles. The van der Waals surface area contributed by atoms with Gasteiger partial charge in [0.1, 0.15) is 0 Å². The van der Waals surface area contributed by atoms with Crippen molar-refractivity contribution in [1.82, 2.24) is 4.90 Å². The summed E-state index contributed by atoms with van der Waals surface area (Å²) in [7, 11) is 1.95. The number of aryl methyl sites for hydroxylation is 1. The number of rotatable bonds is 9. The number of nitrogens with zero attached hydrogens (tertiary/aromatic N) is 1. The number of benzene rings is 1. The first-order chi connectivity index (χ1) is 10.0. The van der Waals surface area contributed by atoms with E-state index in [-0.39, 0.29) is 12.4 Å². The number of esters is 1. The third-order valence-electron chi connectivity index (χ3n) is 3.07. The van der Waals surface area contributed by atoms with Crippen LogP contribution in [-0.4, -0.2) is 42.1 Å². The maximum absolute atomic E-state index is 11.3. The lowest BCUT2D eigenvalue weighted by molar-refractivity contribution is -0.143. The first kappa shape index (κ1) is 17.2. The molecule has 1 aromatic rings. The van der Waals surface area contributed by atoms with Crippen LogP contribution < -0.4 is 0 Å². The Kier molecular flexibility index (Phi) is 7.46. The number of carboxylic acids is 1. The fourth-order valence-corrected chi connectivity index (χ4v) is 2.04. The first-order valence-electron chi connectivity index (χ1n) is 7.15. The van der Waals surface area contributed by atoms with Crippen molar-refractivity contribution in [3.63, 3.8) is 0 Å². The summed E-state index contributed by atoms with van der Waals surface area (Å²) in [6.45, 7) is 3.57. The maximum atomic E-state index is 11.3. The summed E-state index contributed by atoms with van der Waals surface area (Å²) >= 11 is 0. The van der Waals surface area contributed by atoms with Crippen LogP contribution in [0.1, 0.15) is 30.9 Å². The van der Waals surface area contributed by atoms with Gasteiger partial charge in [-0.1, -0.05) is 24.3 Å². The van der Waals surface area contributed by atoms with Crippen LogP contribution in [0.2, 0.25) is 0 Å². The van der Waals surface area contributed by atoms with Crippen LogP contribution in [0.3, 0.4) is 0 Å². The molecule has 0 saturated carbocycles. The Morgan fingerprint density at radius 3 is 2.62 bits per heavy atom. The molecule has 1 rings (SSSR count). The van der Waals surface area contributed by atoms with Crippen molar-refractivity contribution >= 4 is 11.9 Å². The van der Waals surface area contributed by atoms with E-state index in [1.165, 1.54) is 0 Å². The van der Waals surface area contributed by atoms with E-state index in [2.05, 4.69) is 0 Å². The largest absolute Gasteiger partial charge is 0.481 e. The number of carbonyl (C=O) groups is 2. The summed E-state index contributed by atoms with van der Waals surface area (Å²) in [6, 6.07) is 7.89. The second kappa shape index (κ2) is 9.13. The molecular weight excluding hydrogens is 270 g/mol. The average molecular weight is 293 g/mol. The van der Waals surface area contributed by atoms with E-state index >= 15 is 0 Å². The molecule has 0 aromatic heterocycles. The Hall–Kier alpha value is -1.88. The van der Waals surface area contributed by atoms with Gasteiger partial charge in [-0.25, -0.2) is 0 Å². The fraction of sp³-hybridized carbons (Fsp3) is 0.500. The average Bonchev–Trinajstić information content (AvgIpc) is 2.44. The van der Waals surface area contributed by atoms with Crippen LogP contribution >= 0.6 is 0 Å². The van der Waals surface area contributed by atoms with E-state index in [4.69, 9.17) is 9.84 Å². The van der Waals surface area contributed by atoms with E-state index in [1.807, 2.05) is 36.2 Å². The molecular formula is C16H23NO4. The quantitative estimate of drug-likeness (QED) is 0.706. The predicted octanol–water partition coefficient (Wildman–Crippen LogP) is 2.09. The Morgan fingerprint density at radius 1 is 1.24 bits per heavy atom. The molecule has 5 nitrogen and oxygen atoms in total. The highest BCUT2D eigenvalue weighted by Gasteiger charge is 2.06. The molecule has 0 bridgehead atoms. The Labute approximate surface area is 125 Å². The van der Waals surface area contributed by atoms with Gasteiger partial charge in [0, 0.05) is 19.5 Å². The lowest BCUT2D eigenvalue weighted by Crippen LogP contribution is -2.22. The van der Waals surface area contributed by atoms with Gasteiger partial charge in [-0.3, -0.25) is 9.59 Å². The molecule has 0 radical (unpaired) electrons. The van der Waals surface area contributed by atoms with Gasteiger partial charge in [-0.05, 0) is 31.5 Å². The Balaban J connectivity index is 2.44. The summed E-state index contributed by atoms with van der Waals surface area (Å²) < 4.78 is 4.89. The molecule has 0 fully saturated rings. The second-order valence-corrected chi connectivity index (χ2v) is 5.01. The van der Waals surface area contributed by atoms with Crippen molar-refractivity contribution in [1.29, 1.82) is 0 Å². The molecule has 0 atom stereocenters. The zero-order valence-electron chi connectivity index (χ0n) is 12.7. The number of carbonyl (C=O) groups excluding carboxylic acids is 1. The van der Waals surface area contributed by atoms with Gasteiger partial charge in [0.15, 0.2) is 0 Å². The molecule has 21 heavy (non-hydrogen) atoms. The summed E-state index contributed by atoms with van der Waals surface area (Å²) in [5.74, 6) is -0.966. The van der Waals surface area contributed by atoms with Crippen molar-refractivity contribution in [2.75, 3.05) is 20.2 Å². The van der Waals surface area contributed by atoms with Gasteiger partial charge < -0.3 is 14.7 Å². The zero-order valence-corrected chi connectivity index (χ0v) is 12.7. The molecule has 1 N–H and O–H groups in total. The third kappa shape index (κ3) is 7.46. The summed E-state index contributed by atoms with van der Waals surface area (Å²) in [4.78, 5) is 23.9. The van der Waals surface area contributed by atoms with Crippen molar-refractivity contribution in [3.05, 3.63) is 35.4 Å². The number of carboxylic acid groups (broad SMARTS) is 1. The highest BCUT2D eigenvalue weighted by atomic mass is 16.5. The Bertz CT molecular complexity index is 473. The normalized spacial score (nSPS) is 10.6. The van der Waals surface area contributed by atoms with E-state index in [1.54, 1.807) is 6.92 Å². The second-order valence-electron chi connectivity index (χ2n) is 5.01. The van der Waals surface area contributed by atoms with Gasteiger partial charge in [0.25, 0.3) is 0 Å². The summed E-state index contributed by atoms with van der Waals surface area (Å²) in [6.07, 6.45) is 1.06. The van der Waals surface area contributed by atoms with E-state index in [0.717, 1.165) is 17.7 Å². The maximum Gasteiger partial charge on any atom is 0.307 e. The van der Waals surface area contributed by atoms with Crippen LogP contribution in [0.15, 0.2) is 24.3 Å². The van der Waals surface area contributed by atoms with Crippen molar-refractivity contribution in [3.8, 4) is 0 Å².